The predicted octanol–water partition coefficient (Wildman–Crippen LogP) is 3.85. The lowest BCUT2D eigenvalue weighted by Crippen LogP contribution is -2.14. The zero-order chi connectivity index (χ0) is 18.5. The number of amides is 1. The molecule has 0 atom stereocenters. The Bertz CT molecular complexity index is 889. The van der Waals surface area contributed by atoms with Crippen LogP contribution < -0.4 is 15.5 Å². The standard InChI is InChI=1S/C20H21N5O/c1-14-4-6-16(7-5-14)24-20(26)18-12-19(22-13-21-18)23-15-8-10-17(11-9-15)25(2)3/h4-13H,1-3H3,(H,24,26)(H,21,22,23). The Balaban J connectivity index is 1.71. The molecule has 1 heterocycles. The minimum atomic E-state index is -0.276. The molecule has 0 aliphatic rings. The van der Waals surface area contributed by atoms with Crippen LogP contribution in [0.2, 0.25) is 0 Å². The fraction of sp³-hybridized carbons (Fsp3) is 0.150. The maximum absolute atomic E-state index is 12.4. The molecule has 0 spiro atoms. The molecule has 132 valence electrons. The van der Waals surface area contributed by atoms with Crippen molar-refractivity contribution in [3.05, 3.63) is 72.2 Å². The molecule has 2 aromatic carbocycles. The van der Waals surface area contributed by atoms with Crippen LogP contribution in [0.25, 0.3) is 0 Å². The molecular formula is C20H21N5O. The van der Waals surface area contributed by atoms with E-state index in [-0.39, 0.29) is 5.91 Å². The summed E-state index contributed by atoms with van der Waals surface area (Å²) < 4.78 is 0. The van der Waals surface area contributed by atoms with E-state index in [1.165, 1.54) is 6.33 Å². The van der Waals surface area contributed by atoms with Crippen molar-refractivity contribution in [3.63, 3.8) is 0 Å². The molecule has 3 aromatic rings. The first kappa shape index (κ1) is 17.4. The van der Waals surface area contributed by atoms with E-state index in [2.05, 4.69) is 20.6 Å². The number of rotatable bonds is 5. The topological polar surface area (TPSA) is 70.2 Å². The van der Waals surface area contributed by atoms with Crippen LogP contribution in [0, 0.1) is 6.92 Å². The van der Waals surface area contributed by atoms with Gasteiger partial charge in [0.1, 0.15) is 17.8 Å². The van der Waals surface area contributed by atoms with Gasteiger partial charge in [0.15, 0.2) is 0 Å². The molecular weight excluding hydrogens is 326 g/mol. The number of aryl methyl sites for hydroxylation is 1. The zero-order valence-corrected chi connectivity index (χ0v) is 15.0. The van der Waals surface area contributed by atoms with Crippen molar-refractivity contribution in [2.24, 2.45) is 0 Å². The van der Waals surface area contributed by atoms with E-state index >= 15 is 0 Å². The van der Waals surface area contributed by atoms with Crippen LogP contribution in [-0.4, -0.2) is 30.0 Å². The maximum atomic E-state index is 12.4. The summed E-state index contributed by atoms with van der Waals surface area (Å²) in [6.45, 7) is 2.00. The second kappa shape index (κ2) is 7.65. The molecule has 0 unspecified atom stereocenters. The number of hydrogen-bond donors (Lipinski definition) is 2. The Morgan fingerprint density at radius 1 is 0.923 bits per heavy atom. The molecule has 2 N–H and O–H groups in total. The number of nitrogens with zero attached hydrogens (tertiary/aromatic N) is 3. The molecule has 26 heavy (non-hydrogen) atoms. The van der Waals surface area contributed by atoms with Gasteiger partial charge < -0.3 is 15.5 Å². The molecule has 0 aliphatic carbocycles. The molecule has 0 fully saturated rings. The van der Waals surface area contributed by atoms with E-state index < -0.39 is 0 Å². The highest BCUT2D eigenvalue weighted by Gasteiger charge is 2.09. The number of aromatic nitrogens is 2. The Morgan fingerprint density at radius 3 is 2.23 bits per heavy atom. The van der Waals surface area contributed by atoms with Gasteiger partial charge in [-0.15, -0.1) is 0 Å². The lowest BCUT2D eigenvalue weighted by Gasteiger charge is -2.13. The SMILES string of the molecule is Cc1ccc(NC(=O)c2cc(Nc3ccc(N(C)C)cc3)ncn2)cc1. The molecule has 0 saturated heterocycles. The van der Waals surface area contributed by atoms with Crippen LogP contribution in [0.15, 0.2) is 60.9 Å². The van der Waals surface area contributed by atoms with Crippen molar-refractivity contribution in [1.29, 1.82) is 0 Å². The fourth-order valence-corrected chi connectivity index (χ4v) is 2.37. The zero-order valence-electron chi connectivity index (χ0n) is 15.0. The first-order valence-corrected chi connectivity index (χ1v) is 8.26. The number of nitrogens with one attached hydrogen (secondary N) is 2. The van der Waals surface area contributed by atoms with E-state index in [1.54, 1.807) is 6.07 Å². The number of anilines is 4. The van der Waals surface area contributed by atoms with Gasteiger partial charge in [-0.25, -0.2) is 9.97 Å². The predicted molar refractivity (Wildman–Crippen MR) is 105 cm³/mol. The third-order valence-electron chi connectivity index (χ3n) is 3.87. The lowest BCUT2D eigenvalue weighted by molar-refractivity contribution is 0.102. The summed E-state index contributed by atoms with van der Waals surface area (Å²) in [6.07, 6.45) is 1.38. The van der Waals surface area contributed by atoms with Crippen LogP contribution in [0.5, 0.6) is 0 Å². The highest BCUT2D eigenvalue weighted by atomic mass is 16.1. The van der Waals surface area contributed by atoms with Crippen LogP contribution in [-0.2, 0) is 0 Å². The van der Waals surface area contributed by atoms with Gasteiger partial charge in [-0.05, 0) is 43.3 Å². The van der Waals surface area contributed by atoms with Crippen molar-refractivity contribution in [2.45, 2.75) is 6.92 Å². The Labute approximate surface area is 152 Å². The van der Waals surface area contributed by atoms with E-state index in [1.807, 2.05) is 74.4 Å². The molecule has 0 saturated carbocycles. The van der Waals surface area contributed by atoms with E-state index in [4.69, 9.17) is 0 Å². The van der Waals surface area contributed by atoms with E-state index in [9.17, 15) is 4.79 Å². The van der Waals surface area contributed by atoms with E-state index in [0.29, 0.717) is 11.5 Å². The summed E-state index contributed by atoms with van der Waals surface area (Å²) in [5.41, 5.74) is 4.16. The summed E-state index contributed by atoms with van der Waals surface area (Å²) in [5, 5.41) is 6.02. The van der Waals surface area contributed by atoms with Crippen molar-refractivity contribution in [3.8, 4) is 0 Å². The van der Waals surface area contributed by atoms with Crippen molar-refractivity contribution in [1.82, 2.24) is 9.97 Å². The Morgan fingerprint density at radius 2 is 1.58 bits per heavy atom. The van der Waals surface area contributed by atoms with Gasteiger partial charge >= 0.3 is 0 Å². The fourth-order valence-electron chi connectivity index (χ4n) is 2.37. The smallest absolute Gasteiger partial charge is 0.274 e. The van der Waals surface area contributed by atoms with Crippen LogP contribution in [0.3, 0.4) is 0 Å². The first-order chi connectivity index (χ1) is 12.5. The molecule has 1 aromatic heterocycles. The normalized spacial score (nSPS) is 10.3. The molecule has 0 radical (unpaired) electrons. The highest BCUT2D eigenvalue weighted by molar-refractivity contribution is 6.03. The van der Waals surface area contributed by atoms with Gasteiger partial charge in [-0.2, -0.15) is 0 Å². The number of hydrogen-bond acceptors (Lipinski definition) is 5. The molecule has 6 heteroatoms. The minimum absolute atomic E-state index is 0.276. The third kappa shape index (κ3) is 4.36. The molecule has 6 nitrogen and oxygen atoms in total. The van der Waals surface area contributed by atoms with Crippen LogP contribution in [0.4, 0.5) is 22.9 Å². The van der Waals surface area contributed by atoms with Gasteiger partial charge in [0, 0.05) is 37.2 Å². The quantitative estimate of drug-likeness (QED) is 0.734. The van der Waals surface area contributed by atoms with Crippen LogP contribution >= 0.6 is 0 Å². The van der Waals surface area contributed by atoms with E-state index in [0.717, 1.165) is 22.6 Å². The van der Waals surface area contributed by atoms with Crippen LogP contribution in [0.1, 0.15) is 16.1 Å². The molecule has 1 amide bonds. The summed E-state index contributed by atoms with van der Waals surface area (Å²) in [6, 6.07) is 17.2. The van der Waals surface area contributed by atoms with Gasteiger partial charge in [-0.3, -0.25) is 4.79 Å². The second-order valence-electron chi connectivity index (χ2n) is 6.17. The van der Waals surface area contributed by atoms with Crippen molar-refractivity contribution in [2.75, 3.05) is 29.6 Å². The molecule has 0 aliphatic heterocycles. The minimum Gasteiger partial charge on any atom is -0.378 e. The average molecular weight is 347 g/mol. The largest absolute Gasteiger partial charge is 0.378 e. The summed E-state index contributed by atoms with van der Waals surface area (Å²) in [7, 11) is 3.98. The molecule has 3 rings (SSSR count). The second-order valence-corrected chi connectivity index (χ2v) is 6.17. The summed E-state index contributed by atoms with van der Waals surface area (Å²) in [5.74, 6) is 0.286. The third-order valence-corrected chi connectivity index (χ3v) is 3.87. The number of carbonyl (C=O) groups is 1. The summed E-state index contributed by atoms with van der Waals surface area (Å²) >= 11 is 0. The Kier molecular flexibility index (Phi) is 5.12. The number of carbonyl (C=O) groups excluding carboxylic acids is 1. The monoisotopic (exact) mass is 347 g/mol. The first-order valence-electron chi connectivity index (χ1n) is 8.26. The lowest BCUT2D eigenvalue weighted by atomic mass is 10.2. The van der Waals surface area contributed by atoms with Crippen molar-refractivity contribution >= 4 is 28.8 Å². The van der Waals surface area contributed by atoms with Gasteiger partial charge in [-0.1, -0.05) is 17.7 Å². The van der Waals surface area contributed by atoms with Gasteiger partial charge in [0.25, 0.3) is 5.91 Å². The highest BCUT2D eigenvalue weighted by Crippen LogP contribution is 2.19. The van der Waals surface area contributed by atoms with Gasteiger partial charge in [0.2, 0.25) is 0 Å². The summed E-state index contributed by atoms with van der Waals surface area (Å²) in [4.78, 5) is 22.7. The number of benzene rings is 2. The maximum Gasteiger partial charge on any atom is 0.274 e. The molecule has 0 bridgehead atoms. The van der Waals surface area contributed by atoms with Gasteiger partial charge in [0.05, 0.1) is 0 Å². The average Bonchev–Trinajstić information content (AvgIpc) is 2.64. The van der Waals surface area contributed by atoms with Crippen molar-refractivity contribution < 1.29 is 4.79 Å². The Hall–Kier alpha value is -3.41.